The van der Waals surface area contributed by atoms with E-state index in [-0.39, 0.29) is 0 Å². The summed E-state index contributed by atoms with van der Waals surface area (Å²) in [6.45, 7) is 6.94. The second-order valence-electron chi connectivity index (χ2n) is 6.53. The summed E-state index contributed by atoms with van der Waals surface area (Å²) < 4.78 is 0. The first-order chi connectivity index (χ1) is 8.53. The highest BCUT2D eigenvalue weighted by Crippen LogP contribution is 2.38. The Hall–Kier alpha value is -1.56. The molecule has 0 nitrogen and oxygen atoms in total. The SMILES string of the molecule is CC(C)(C)CC1=CCc2cc3ccccc3cc21. The average Bonchev–Trinajstić information content (AvgIpc) is 2.67. The molecule has 0 amide bonds. The number of hydrogen-bond acceptors (Lipinski definition) is 0. The van der Waals surface area contributed by atoms with E-state index in [1.165, 1.54) is 33.9 Å². The summed E-state index contributed by atoms with van der Waals surface area (Å²) in [5.41, 5.74) is 4.86. The average molecular weight is 236 g/mol. The molecule has 0 N–H and O–H groups in total. The van der Waals surface area contributed by atoms with Gasteiger partial charge in [0.25, 0.3) is 0 Å². The standard InChI is InChI=1S/C18H20/c1-18(2,3)12-16-9-8-15-10-13-6-4-5-7-14(13)11-17(15)16/h4-7,9-11H,8,12H2,1-3H3. The molecule has 0 aliphatic heterocycles. The molecule has 0 aromatic heterocycles. The first-order valence-corrected chi connectivity index (χ1v) is 6.74. The Bertz CT molecular complexity index is 624. The van der Waals surface area contributed by atoms with Crippen molar-refractivity contribution in [2.75, 3.05) is 0 Å². The molecule has 3 rings (SSSR count). The van der Waals surface area contributed by atoms with Gasteiger partial charge in [0.1, 0.15) is 0 Å². The minimum atomic E-state index is 0.360. The van der Waals surface area contributed by atoms with E-state index in [1.807, 2.05) is 0 Å². The van der Waals surface area contributed by atoms with Crippen molar-refractivity contribution in [2.24, 2.45) is 5.41 Å². The predicted molar refractivity (Wildman–Crippen MR) is 79.7 cm³/mol. The lowest BCUT2D eigenvalue weighted by molar-refractivity contribution is 0.427. The lowest BCUT2D eigenvalue weighted by Gasteiger charge is -2.20. The number of hydrogen-bond donors (Lipinski definition) is 0. The van der Waals surface area contributed by atoms with Crippen molar-refractivity contribution in [3.8, 4) is 0 Å². The summed E-state index contributed by atoms with van der Waals surface area (Å²) in [5, 5.41) is 2.72. The second-order valence-corrected chi connectivity index (χ2v) is 6.53. The zero-order valence-corrected chi connectivity index (χ0v) is 11.5. The van der Waals surface area contributed by atoms with E-state index in [4.69, 9.17) is 0 Å². The van der Waals surface area contributed by atoms with E-state index >= 15 is 0 Å². The summed E-state index contributed by atoms with van der Waals surface area (Å²) in [6, 6.07) is 13.4. The van der Waals surface area contributed by atoms with Crippen molar-refractivity contribution in [3.05, 3.63) is 53.6 Å². The molecule has 2 aromatic rings. The third-order valence-electron chi connectivity index (χ3n) is 3.61. The number of allylic oxidation sites excluding steroid dienone is 2. The van der Waals surface area contributed by atoms with Crippen LogP contribution < -0.4 is 0 Å². The molecule has 0 heterocycles. The molecule has 0 heteroatoms. The van der Waals surface area contributed by atoms with Crippen molar-refractivity contribution in [2.45, 2.75) is 33.6 Å². The second kappa shape index (κ2) is 3.98. The van der Waals surface area contributed by atoms with Gasteiger partial charge < -0.3 is 0 Å². The van der Waals surface area contributed by atoms with Crippen molar-refractivity contribution in [1.29, 1.82) is 0 Å². The molecular weight excluding hydrogens is 216 g/mol. The van der Waals surface area contributed by atoms with Gasteiger partial charge in [-0.2, -0.15) is 0 Å². The Morgan fingerprint density at radius 1 is 1.00 bits per heavy atom. The number of rotatable bonds is 1. The van der Waals surface area contributed by atoms with E-state index < -0.39 is 0 Å². The van der Waals surface area contributed by atoms with Crippen LogP contribution in [0.3, 0.4) is 0 Å². The highest BCUT2D eigenvalue weighted by molar-refractivity contribution is 5.89. The van der Waals surface area contributed by atoms with Crippen molar-refractivity contribution in [1.82, 2.24) is 0 Å². The number of fused-ring (bicyclic) bond motifs is 2. The van der Waals surface area contributed by atoms with Gasteiger partial charge in [-0.3, -0.25) is 0 Å². The van der Waals surface area contributed by atoms with Crippen LogP contribution in [0.15, 0.2) is 42.5 Å². The maximum Gasteiger partial charge on any atom is -0.00851 e. The maximum absolute atomic E-state index is 2.41. The van der Waals surface area contributed by atoms with Crippen LogP contribution in [-0.2, 0) is 6.42 Å². The van der Waals surface area contributed by atoms with Gasteiger partial charge in [-0.05, 0) is 51.8 Å². The molecular formula is C18H20. The van der Waals surface area contributed by atoms with Crippen molar-refractivity contribution in [3.63, 3.8) is 0 Å². The van der Waals surface area contributed by atoms with Gasteiger partial charge in [0.05, 0.1) is 0 Å². The molecule has 18 heavy (non-hydrogen) atoms. The van der Waals surface area contributed by atoms with E-state index in [9.17, 15) is 0 Å². The van der Waals surface area contributed by atoms with Crippen LogP contribution in [-0.4, -0.2) is 0 Å². The Morgan fingerprint density at radius 2 is 1.67 bits per heavy atom. The Labute approximate surface area is 109 Å². The molecule has 0 unspecified atom stereocenters. The molecule has 0 fully saturated rings. The molecule has 1 aliphatic rings. The molecule has 0 atom stereocenters. The minimum absolute atomic E-state index is 0.360. The summed E-state index contributed by atoms with van der Waals surface area (Å²) >= 11 is 0. The monoisotopic (exact) mass is 236 g/mol. The summed E-state index contributed by atoms with van der Waals surface area (Å²) in [4.78, 5) is 0. The van der Waals surface area contributed by atoms with Gasteiger partial charge in [-0.1, -0.05) is 57.2 Å². The van der Waals surface area contributed by atoms with E-state index in [0.717, 1.165) is 6.42 Å². The van der Waals surface area contributed by atoms with E-state index in [2.05, 4.69) is 63.2 Å². The van der Waals surface area contributed by atoms with Gasteiger partial charge >= 0.3 is 0 Å². The molecule has 2 aromatic carbocycles. The Balaban J connectivity index is 2.06. The fraction of sp³-hybridized carbons (Fsp3) is 0.333. The molecule has 0 saturated carbocycles. The molecule has 1 aliphatic carbocycles. The van der Waals surface area contributed by atoms with Crippen LogP contribution in [0.4, 0.5) is 0 Å². The number of benzene rings is 2. The lowest BCUT2D eigenvalue weighted by Crippen LogP contribution is -2.05. The Kier molecular flexibility index (Phi) is 2.55. The third kappa shape index (κ3) is 2.08. The van der Waals surface area contributed by atoms with Gasteiger partial charge in [-0.25, -0.2) is 0 Å². The fourth-order valence-corrected chi connectivity index (χ4v) is 2.84. The van der Waals surface area contributed by atoms with Crippen LogP contribution in [0.25, 0.3) is 16.3 Å². The molecule has 0 radical (unpaired) electrons. The molecule has 0 saturated heterocycles. The van der Waals surface area contributed by atoms with E-state index in [0.29, 0.717) is 5.41 Å². The normalized spacial score (nSPS) is 14.7. The minimum Gasteiger partial charge on any atom is -0.0763 e. The van der Waals surface area contributed by atoms with Gasteiger partial charge in [0.2, 0.25) is 0 Å². The Morgan fingerprint density at radius 3 is 2.33 bits per heavy atom. The van der Waals surface area contributed by atoms with E-state index in [1.54, 1.807) is 0 Å². The molecule has 92 valence electrons. The van der Waals surface area contributed by atoms with Crippen LogP contribution in [0.5, 0.6) is 0 Å². The summed E-state index contributed by atoms with van der Waals surface area (Å²) in [5.74, 6) is 0. The third-order valence-corrected chi connectivity index (χ3v) is 3.61. The van der Waals surface area contributed by atoms with Gasteiger partial charge in [0, 0.05) is 0 Å². The summed E-state index contributed by atoms with van der Waals surface area (Å²) in [7, 11) is 0. The quantitative estimate of drug-likeness (QED) is 0.637. The zero-order chi connectivity index (χ0) is 12.8. The van der Waals surface area contributed by atoms with Crippen LogP contribution in [0.2, 0.25) is 0 Å². The van der Waals surface area contributed by atoms with Crippen molar-refractivity contribution >= 4 is 16.3 Å². The largest absolute Gasteiger partial charge is 0.0763 e. The smallest absolute Gasteiger partial charge is 0.00851 e. The van der Waals surface area contributed by atoms with Crippen molar-refractivity contribution < 1.29 is 0 Å². The van der Waals surface area contributed by atoms with Crippen LogP contribution in [0.1, 0.15) is 38.3 Å². The highest BCUT2D eigenvalue weighted by Gasteiger charge is 2.20. The van der Waals surface area contributed by atoms with Gasteiger partial charge in [0.15, 0.2) is 0 Å². The maximum atomic E-state index is 2.41. The fourth-order valence-electron chi connectivity index (χ4n) is 2.84. The highest BCUT2D eigenvalue weighted by atomic mass is 14.2. The zero-order valence-electron chi connectivity index (χ0n) is 11.5. The van der Waals surface area contributed by atoms with Crippen LogP contribution in [0, 0.1) is 5.41 Å². The molecule has 0 spiro atoms. The summed E-state index contributed by atoms with van der Waals surface area (Å²) in [6.07, 6.45) is 4.68. The topological polar surface area (TPSA) is 0 Å². The predicted octanol–water partition coefficient (Wildman–Crippen LogP) is 5.22. The first-order valence-electron chi connectivity index (χ1n) is 6.74. The molecule has 0 bridgehead atoms. The lowest BCUT2D eigenvalue weighted by atomic mass is 9.85. The van der Waals surface area contributed by atoms with Crippen LogP contribution >= 0.6 is 0 Å². The first kappa shape index (κ1) is 11.5. The van der Waals surface area contributed by atoms with Gasteiger partial charge in [-0.15, -0.1) is 0 Å².